The lowest BCUT2D eigenvalue weighted by Crippen LogP contribution is -2.49. The highest BCUT2D eigenvalue weighted by Gasteiger charge is 2.32. The van der Waals surface area contributed by atoms with Gasteiger partial charge < -0.3 is 5.11 Å². The quantitative estimate of drug-likeness (QED) is 0.879. The van der Waals surface area contributed by atoms with Gasteiger partial charge in [-0.3, -0.25) is 9.69 Å². The van der Waals surface area contributed by atoms with Gasteiger partial charge in [-0.15, -0.1) is 0 Å². The second kappa shape index (κ2) is 4.44. The van der Waals surface area contributed by atoms with Gasteiger partial charge in [0, 0.05) is 24.7 Å². The number of halogens is 1. The standard InChI is InChI=1S/C12H14ClNO2/c1-8-2-3-9(11(13)4-8)5-14-6-10(7-14)12(15)16/h2-4,10H,5-7H2,1H3,(H,15,16). The summed E-state index contributed by atoms with van der Waals surface area (Å²) >= 11 is 6.11. The second-order valence-electron chi connectivity index (χ2n) is 4.32. The molecule has 2 rings (SSSR count). The summed E-state index contributed by atoms with van der Waals surface area (Å²) in [5.41, 5.74) is 2.21. The lowest BCUT2D eigenvalue weighted by Gasteiger charge is -2.36. The molecule has 4 heteroatoms. The first-order chi connectivity index (χ1) is 7.56. The molecule has 0 amide bonds. The molecule has 1 heterocycles. The smallest absolute Gasteiger partial charge is 0.309 e. The predicted octanol–water partition coefficient (Wildman–Crippen LogP) is 2.16. The van der Waals surface area contributed by atoms with Crippen molar-refractivity contribution in [3.05, 3.63) is 34.3 Å². The van der Waals surface area contributed by atoms with E-state index in [9.17, 15) is 4.79 Å². The molecule has 1 fully saturated rings. The molecule has 0 saturated carbocycles. The van der Waals surface area contributed by atoms with Gasteiger partial charge in [0.15, 0.2) is 0 Å². The maximum absolute atomic E-state index is 10.6. The van der Waals surface area contributed by atoms with Crippen LogP contribution < -0.4 is 0 Å². The van der Waals surface area contributed by atoms with Gasteiger partial charge >= 0.3 is 5.97 Å². The van der Waals surface area contributed by atoms with E-state index < -0.39 is 5.97 Å². The van der Waals surface area contributed by atoms with Crippen LogP contribution in [0.25, 0.3) is 0 Å². The van der Waals surface area contributed by atoms with Crippen LogP contribution in [0.2, 0.25) is 5.02 Å². The highest BCUT2D eigenvalue weighted by Crippen LogP contribution is 2.23. The van der Waals surface area contributed by atoms with Gasteiger partial charge in [-0.25, -0.2) is 0 Å². The molecule has 16 heavy (non-hydrogen) atoms. The van der Waals surface area contributed by atoms with Gasteiger partial charge in [-0.1, -0.05) is 23.7 Å². The first-order valence-electron chi connectivity index (χ1n) is 5.26. The van der Waals surface area contributed by atoms with Gasteiger partial charge in [-0.2, -0.15) is 0 Å². The highest BCUT2D eigenvalue weighted by molar-refractivity contribution is 6.31. The molecule has 1 aromatic rings. The summed E-state index contributed by atoms with van der Waals surface area (Å²) in [5, 5.41) is 9.52. The molecule has 0 bridgehead atoms. The van der Waals surface area contributed by atoms with Crippen LogP contribution in [0.1, 0.15) is 11.1 Å². The number of carbonyl (C=O) groups is 1. The number of benzene rings is 1. The molecular weight excluding hydrogens is 226 g/mol. The Morgan fingerprint density at radius 1 is 1.56 bits per heavy atom. The van der Waals surface area contributed by atoms with Gasteiger partial charge in [0.05, 0.1) is 5.92 Å². The van der Waals surface area contributed by atoms with E-state index >= 15 is 0 Å². The van der Waals surface area contributed by atoms with Gasteiger partial charge in [0.1, 0.15) is 0 Å². The molecular formula is C12H14ClNO2. The lowest BCUT2D eigenvalue weighted by molar-refractivity contribution is -0.147. The first kappa shape index (κ1) is 11.4. The number of aliphatic carboxylic acids is 1. The molecule has 1 aliphatic rings. The number of nitrogens with zero attached hydrogens (tertiary/aromatic N) is 1. The maximum Gasteiger partial charge on any atom is 0.309 e. The van der Waals surface area contributed by atoms with E-state index in [1.165, 1.54) is 0 Å². The number of hydrogen-bond acceptors (Lipinski definition) is 2. The third-order valence-corrected chi connectivity index (χ3v) is 3.26. The van der Waals surface area contributed by atoms with Crippen LogP contribution >= 0.6 is 11.6 Å². The van der Waals surface area contributed by atoms with Crippen molar-refractivity contribution in [3.8, 4) is 0 Å². The van der Waals surface area contributed by atoms with E-state index in [0.717, 1.165) is 22.7 Å². The van der Waals surface area contributed by atoms with Crippen LogP contribution in [0.3, 0.4) is 0 Å². The molecule has 1 aromatic carbocycles. The number of carboxylic acids is 1. The summed E-state index contributed by atoms with van der Waals surface area (Å²) in [6.45, 7) is 3.99. The highest BCUT2D eigenvalue weighted by atomic mass is 35.5. The summed E-state index contributed by atoms with van der Waals surface area (Å²) in [5.74, 6) is -0.907. The summed E-state index contributed by atoms with van der Waals surface area (Å²) in [7, 11) is 0. The minimum Gasteiger partial charge on any atom is -0.481 e. The molecule has 86 valence electrons. The van der Waals surface area contributed by atoms with Gasteiger partial charge in [0.25, 0.3) is 0 Å². The van der Waals surface area contributed by atoms with Crippen LogP contribution in [0.4, 0.5) is 0 Å². The molecule has 0 aromatic heterocycles. The SMILES string of the molecule is Cc1ccc(CN2CC(C(=O)O)C2)c(Cl)c1. The third-order valence-electron chi connectivity index (χ3n) is 2.91. The topological polar surface area (TPSA) is 40.5 Å². The zero-order chi connectivity index (χ0) is 11.7. The minimum atomic E-state index is -0.703. The largest absolute Gasteiger partial charge is 0.481 e. The fourth-order valence-electron chi connectivity index (χ4n) is 1.88. The van der Waals surface area contributed by atoms with Crippen molar-refractivity contribution in [2.75, 3.05) is 13.1 Å². The van der Waals surface area contributed by atoms with Gasteiger partial charge in [0.2, 0.25) is 0 Å². The fourth-order valence-corrected chi connectivity index (χ4v) is 2.17. The second-order valence-corrected chi connectivity index (χ2v) is 4.73. The van der Waals surface area contributed by atoms with E-state index in [2.05, 4.69) is 4.90 Å². The average Bonchev–Trinajstić information content (AvgIpc) is 2.12. The van der Waals surface area contributed by atoms with E-state index in [-0.39, 0.29) is 5.92 Å². The fraction of sp³-hybridized carbons (Fsp3) is 0.417. The third kappa shape index (κ3) is 2.36. The Balaban J connectivity index is 1.94. The Morgan fingerprint density at radius 3 is 2.81 bits per heavy atom. The van der Waals surface area contributed by atoms with E-state index in [0.29, 0.717) is 13.1 Å². The zero-order valence-corrected chi connectivity index (χ0v) is 9.87. The maximum atomic E-state index is 10.6. The van der Waals surface area contributed by atoms with Crippen LogP contribution in [0.15, 0.2) is 18.2 Å². The van der Waals surface area contributed by atoms with Crippen molar-refractivity contribution in [2.45, 2.75) is 13.5 Å². The Hall–Kier alpha value is -1.06. The van der Waals surface area contributed by atoms with Crippen LogP contribution in [0, 0.1) is 12.8 Å². The normalized spacial score (nSPS) is 17.1. The van der Waals surface area contributed by atoms with Gasteiger partial charge in [-0.05, 0) is 24.1 Å². The van der Waals surface area contributed by atoms with Crippen LogP contribution in [0.5, 0.6) is 0 Å². The average molecular weight is 240 g/mol. The molecule has 0 aliphatic carbocycles. The molecule has 3 nitrogen and oxygen atoms in total. The van der Waals surface area contributed by atoms with Crippen molar-refractivity contribution >= 4 is 17.6 Å². The Kier molecular flexibility index (Phi) is 3.17. The molecule has 0 spiro atoms. The van der Waals surface area contributed by atoms with E-state index in [1.54, 1.807) is 0 Å². The number of rotatable bonds is 3. The zero-order valence-electron chi connectivity index (χ0n) is 9.11. The summed E-state index contributed by atoms with van der Waals surface area (Å²) in [6.07, 6.45) is 0. The Labute approximate surface area is 99.6 Å². The Morgan fingerprint density at radius 2 is 2.25 bits per heavy atom. The molecule has 1 N–H and O–H groups in total. The minimum absolute atomic E-state index is 0.204. The molecule has 0 atom stereocenters. The van der Waals surface area contributed by atoms with Crippen molar-refractivity contribution in [2.24, 2.45) is 5.92 Å². The summed E-state index contributed by atoms with van der Waals surface area (Å²) in [4.78, 5) is 12.7. The Bertz CT molecular complexity index is 413. The number of likely N-dealkylation sites (tertiary alicyclic amines) is 1. The van der Waals surface area contributed by atoms with Crippen molar-refractivity contribution < 1.29 is 9.90 Å². The first-order valence-corrected chi connectivity index (χ1v) is 5.64. The van der Waals surface area contributed by atoms with Crippen molar-refractivity contribution in [1.29, 1.82) is 0 Å². The predicted molar refractivity (Wildman–Crippen MR) is 62.6 cm³/mol. The van der Waals surface area contributed by atoms with E-state index in [4.69, 9.17) is 16.7 Å². The summed E-state index contributed by atoms with van der Waals surface area (Å²) in [6, 6.07) is 5.97. The molecule has 0 radical (unpaired) electrons. The van der Waals surface area contributed by atoms with Crippen LogP contribution in [-0.2, 0) is 11.3 Å². The number of aryl methyl sites for hydroxylation is 1. The van der Waals surface area contributed by atoms with Crippen molar-refractivity contribution in [3.63, 3.8) is 0 Å². The van der Waals surface area contributed by atoms with E-state index in [1.807, 2.05) is 25.1 Å². The number of carboxylic acid groups (broad SMARTS) is 1. The van der Waals surface area contributed by atoms with Crippen molar-refractivity contribution in [1.82, 2.24) is 4.90 Å². The summed E-state index contributed by atoms with van der Waals surface area (Å²) < 4.78 is 0. The monoisotopic (exact) mass is 239 g/mol. The number of hydrogen-bond donors (Lipinski definition) is 1. The molecule has 1 saturated heterocycles. The lowest BCUT2D eigenvalue weighted by atomic mass is 9.99. The van der Waals surface area contributed by atoms with Crippen LogP contribution in [-0.4, -0.2) is 29.1 Å². The molecule has 0 unspecified atom stereocenters. The molecule has 1 aliphatic heterocycles.